The number of carbonyl (C=O) groups excluding carboxylic acids is 4. The number of ether oxygens (including phenoxy) is 2. The van der Waals surface area contributed by atoms with Gasteiger partial charge in [-0.1, -0.05) is 43.7 Å². The van der Waals surface area contributed by atoms with Crippen LogP contribution in [0.25, 0.3) is 0 Å². The molecule has 2 aliphatic heterocycles. The number of carbonyl (C=O) groups is 4. The highest BCUT2D eigenvalue weighted by atomic mass is 79.9. The summed E-state index contributed by atoms with van der Waals surface area (Å²) < 4.78 is 32.1. The third-order valence-corrected chi connectivity index (χ3v) is 8.45. The zero-order valence-corrected chi connectivity index (χ0v) is 29.1. The Labute approximate surface area is 292 Å². The zero-order valence-electron chi connectivity index (χ0n) is 27.5. The molecule has 3 N–H and O–H groups in total. The van der Waals surface area contributed by atoms with Crippen LogP contribution in [-0.4, -0.2) is 88.0 Å². The number of hydrogen-bond donors (Lipinski definition) is 3. The highest BCUT2D eigenvalue weighted by molar-refractivity contribution is 9.10. The van der Waals surface area contributed by atoms with E-state index in [0.717, 1.165) is 6.26 Å². The average molecular weight is 747 g/mol. The van der Waals surface area contributed by atoms with Gasteiger partial charge in [-0.3, -0.25) is 14.9 Å². The molecule has 49 heavy (non-hydrogen) atoms. The molecule has 2 bridgehead atoms. The van der Waals surface area contributed by atoms with Crippen molar-refractivity contribution in [1.29, 1.82) is 0 Å². The minimum Gasteiger partial charge on any atom is -0.460 e. The van der Waals surface area contributed by atoms with E-state index in [-0.39, 0.29) is 44.1 Å². The van der Waals surface area contributed by atoms with Crippen LogP contribution < -0.4 is 10.6 Å². The first-order chi connectivity index (χ1) is 23.4. The van der Waals surface area contributed by atoms with Crippen LogP contribution in [0.15, 0.2) is 69.6 Å². The number of amides is 3. The first-order valence-corrected chi connectivity index (χ1v) is 16.8. The van der Waals surface area contributed by atoms with Crippen LogP contribution in [0.3, 0.4) is 0 Å². The summed E-state index contributed by atoms with van der Waals surface area (Å²) in [6, 6.07) is 2.27. The summed E-state index contributed by atoms with van der Waals surface area (Å²) in [5, 5.41) is 15.7. The van der Waals surface area contributed by atoms with E-state index in [4.69, 9.17) is 13.9 Å². The van der Waals surface area contributed by atoms with Crippen LogP contribution in [-0.2, 0) is 25.5 Å². The quantitative estimate of drug-likeness (QED) is 0.295. The molecule has 0 unspecified atom stereocenters. The predicted molar refractivity (Wildman–Crippen MR) is 180 cm³/mol. The van der Waals surface area contributed by atoms with Crippen molar-refractivity contribution in [3.63, 3.8) is 0 Å². The molecule has 0 saturated carbocycles. The maximum absolute atomic E-state index is 14.8. The molecule has 4 rings (SSSR count). The molecule has 2 aliphatic rings. The van der Waals surface area contributed by atoms with E-state index < -0.39 is 60.1 Å². The largest absolute Gasteiger partial charge is 0.460 e. The van der Waals surface area contributed by atoms with Crippen LogP contribution in [0, 0.1) is 11.8 Å². The van der Waals surface area contributed by atoms with E-state index in [2.05, 4.69) is 36.5 Å². The summed E-state index contributed by atoms with van der Waals surface area (Å²) >= 11 is 3.24. The number of pyridine rings is 1. The van der Waals surface area contributed by atoms with E-state index in [1.807, 2.05) is 0 Å². The van der Waals surface area contributed by atoms with Crippen molar-refractivity contribution in [2.75, 3.05) is 25.0 Å². The molecule has 0 spiro atoms. The number of allylic oxidation sites excluding steroid dienone is 2. The van der Waals surface area contributed by atoms with Gasteiger partial charge in [0, 0.05) is 43.2 Å². The Morgan fingerprint density at radius 3 is 2.88 bits per heavy atom. The minimum atomic E-state index is -1.50. The molecule has 3 amide bonds. The fourth-order valence-electron chi connectivity index (χ4n) is 5.57. The molecule has 2 aromatic heterocycles. The van der Waals surface area contributed by atoms with Gasteiger partial charge in [0.05, 0.1) is 19.1 Å². The maximum atomic E-state index is 14.8. The number of oxazole rings is 1. The molecule has 2 aromatic rings. The van der Waals surface area contributed by atoms with E-state index in [9.17, 15) is 28.7 Å². The summed E-state index contributed by atoms with van der Waals surface area (Å²) in [5.74, 6) is -2.66. The molecule has 15 heteroatoms. The summed E-state index contributed by atoms with van der Waals surface area (Å²) in [4.78, 5) is 61.7. The van der Waals surface area contributed by atoms with Gasteiger partial charge in [0.15, 0.2) is 11.6 Å². The second-order valence-electron chi connectivity index (χ2n) is 12.1. The van der Waals surface area contributed by atoms with Gasteiger partial charge in [-0.25, -0.2) is 23.9 Å². The highest BCUT2D eigenvalue weighted by Gasteiger charge is 2.39. The van der Waals surface area contributed by atoms with Crippen LogP contribution in [0.2, 0.25) is 0 Å². The van der Waals surface area contributed by atoms with Crippen LogP contribution in [0.4, 0.5) is 14.9 Å². The zero-order chi connectivity index (χ0) is 35.5. The number of fused-ring (bicyclic) bond motifs is 3. The Bertz CT molecular complexity index is 1580. The fourth-order valence-corrected chi connectivity index (χ4v) is 5.93. The van der Waals surface area contributed by atoms with Gasteiger partial charge in [0.25, 0.3) is 5.91 Å². The second kappa shape index (κ2) is 17.9. The van der Waals surface area contributed by atoms with Crippen molar-refractivity contribution in [2.45, 2.75) is 70.9 Å². The minimum absolute atomic E-state index is 0.00814. The lowest BCUT2D eigenvalue weighted by atomic mass is 9.93. The fraction of sp³-hybridized carbons (Fsp3) is 0.471. The predicted octanol–water partition coefficient (Wildman–Crippen LogP) is 4.69. The first-order valence-electron chi connectivity index (χ1n) is 16.0. The molecule has 0 aromatic carbocycles. The number of nitrogens with zero attached hydrogens (tertiary/aromatic N) is 3. The van der Waals surface area contributed by atoms with E-state index in [0.29, 0.717) is 28.7 Å². The standard InChI is InChI=1S/C34H41BrFN5O8/c1-20-6-4-11-38-29(43)9-8-21(2)31(22(3)18-48-34(46)39-24-10-12-37-28(35)17-24)49-33(45)27-7-5-13-41(27)32(44)26-19-47-30(40-26)16-23(36)15-25(42)14-20/h4,6,8-10,12,14,17,19,21-23,25,27,31,42H,5,7,11,13,15-16,18H2,1-3H3,(H,38,43)(H,37,39,46)/b6-4+,9-8+,20-14+/t21-,22-,23-,25-,27-,31+/m1/s1. The Kier molecular flexibility index (Phi) is 13.6. The Balaban J connectivity index is 1.54. The summed E-state index contributed by atoms with van der Waals surface area (Å²) in [7, 11) is 0. The van der Waals surface area contributed by atoms with Gasteiger partial charge < -0.3 is 29.2 Å². The topological polar surface area (TPSA) is 173 Å². The normalized spacial score (nSPS) is 27.5. The molecule has 6 atom stereocenters. The van der Waals surface area contributed by atoms with Crippen molar-refractivity contribution in [1.82, 2.24) is 20.2 Å². The lowest BCUT2D eigenvalue weighted by Crippen LogP contribution is -2.44. The van der Waals surface area contributed by atoms with Gasteiger partial charge in [-0.2, -0.15) is 0 Å². The smallest absolute Gasteiger partial charge is 0.411 e. The molecule has 4 heterocycles. The van der Waals surface area contributed by atoms with E-state index in [1.165, 1.54) is 23.2 Å². The van der Waals surface area contributed by atoms with Gasteiger partial charge >= 0.3 is 12.1 Å². The number of esters is 1. The van der Waals surface area contributed by atoms with Crippen molar-refractivity contribution in [3.05, 3.63) is 76.7 Å². The van der Waals surface area contributed by atoms with Crippen LogP contribution >= 0.6 is 15.9 Å². The number of alkyl halides is 1. The first kappa shape index (κ1) is 37.4. The number of halogens is 2. The molecule has 0 aliphatic carbocycles. The number of hydrogen-bond acceptors (Lipinski definition) is 10. The number of aliphatic hydroxyl groups is 1. The van der Waals surface area contributed by atoms with Crippen molar-refractivity contribution < 1.29 is 42.6 Å². The molecular weight excluding hydrogens is 705 g/mol. The number of nitrogens with one attached hydrogen (secondary N) is 2. The number of aliphatic hydroxyl groups excluding tert-OH is 1. The monoisotopic (exact) mass is 745 g/mol. The summed E-state index contributed by atoms with van der Waals surface area (Å²) in [6.45, 7) is 5.58. The van der Waals surface area contributed by atoms with Gasteiger partial charge in [-0.15, -0.1) is 0 Å². The third kappa shape index (κ3) is 11.3. The van der Waals surface area contributed by atoms with Gasteiger partial charge in [-0.05, 0) is 53.9 Å². The van der Waals surface area contributed by atoms with Crippen LogP contribution in [0.1, 0.15) is 56.4 Å². The van der Waals surface area contributed by atoms with E-state index >= 15 is 0 Å². The number of aromatic nitrogens is 2. The summed E-state index contributed by atoms with van der Waals surface area (Å²) in [5.41, 5.74) is 1.06. The molecule has 13 nitrogen and oxygen atoms in total. The summed E-state index contributed by atoms with van der Waals surface area (Å²) in [6.07, 6.45) is 6.71. The van der Waals surface area contributed by atoms with Crippen molar-refractivity contribution in [2.24, 2.45) is 11.8 Å². The number of anilines is 1. The molecular formula is C34H41BrFN5O8. The average Bonchev–Trinajstić information content (AvgIpc) is 3.73. The third-order valence-electron chi connectivity index (χ3n) is 8.01. The molecule has 0 radical (unpaired) electrons. The number of rotatable bonds is 4. The Hall–Kier alpha value is -4.37. The molecule has 1 fully saturated rings. The van der Waals surface area contributed by atoms with Crippen molar-refractivity contribution >= 4 is 45.5 Å². The van der Waals surface area contributed by atoms with Crippen LogP contribution in [0.5, 0.6) is 0 Å². The molecule has 264 valence electrons. The highest BCUT2D eigenvalue weighted by Crippen LogP contribution is 2.26. The lowest BCUT2D eigenvalue weighted by molar-refractivity contribution is -0.159. The van der Waals surface area contributed by atoms with Gasteiger partial charge in [0.1, 0.15) is 29.2 Å². The molecule has 1 saturated heterocycles. The van der Waals surface area contributed by atoms with Crippen molar-refractivity contribution in [3.8, 4) is 0 Å². The number of cyclic esters (lactones) is 1. The Morgan fingerprint density at radius 1 is 1.31 bits per heavy atom. The van der Waals surface area contributed by atoms with E-state index in [1.54, 1.807) is 51.1 Å². The maximum Gasteiger partial charge on any atom is 0.411 e. The SMILES string of the molecule is CC1=C\[C@@H](O)C[C@@H](F)Cc2nc(co2)C(=O)N2CCC[C@@H]2C(=O)O[C@H]([C@H](C)COC(=O)Nc2ccnc(Br)c2)[C@H](C)/C=C/C(=O)NC\C=C\1. The second-order valence-corrected chi connectivity index (χ2v) is 12.9. The Morgan fingerprint density at radius 2 is 2.10 bits per heavy atom. The van der Waals surface area contributed by atoms with Gasteiger partial charge in [0.2, 0.25) is 5.91 Å². The lowest BCUT2D eigenvalue weighted by Gasteiger charge is -2.30.